The molecule has 1 aromatic carbocycles. The molecule has 0 radical (unpaired) electrons. The number of rotatable bonds is 4. The van der Waals surface area contributed by atoms with Crippen LogP contribution in [0.25, 0.3) is 11.1 Å². The van der Waals surface area contributed by atoms with Crippen LogP contribution in [-0.2, 0) is 0 Å². The van der Waals surface area contributed by atoms with Crippen LogP contribution in [0.3, 0.4) is 0 Å². The number of hydrogen-bond acceptors (Lipinski definition) is 6. The summed E-state index contributed by atoms with van der Waals surface area (Å²) in [6, 6.07) is 6.21. The number of benzene rings is 1. The molecule has 30 heavy (non-hydrogen) atoms. The van der Waals surface area contributed by atoms with Gasteiger partial charge in [-0.1, -0.05) is 18.6 Å². The van der Waals surface area contributed by atoms with Crippen LogP contribution in [0.1, 0.15) is 39.2 Å². The van der Waals surface area contributed by atoms with Crippen LogP contribution in [-0.4, -0.2) is 68.9 Å². The average molecular weight is 407 g/mol. The molecule has 2 aliphatic rings. The third-order valence-electron chi connectivity index (χ3n) is 5.97. The summed E-state index contributed by atoms with van der Waals surface area (Å²) in [6.07, 6.45) is 7.36. The molecule has 7 heteroatoms. The van der Waals surface area contributed by atoms with E-state index in [1.165, 1.54) is 5.57 Å². The van der Waals surface area contributed by atoms with Gasteiger partial charge in [0.2, 0.25) is 0 Å². The summed E-state index contributed by atoms with van der Waals surface area (Å²) >= 11 is 0. The number of nitrogens with zero attached hydrogens (tertiary/aromatic N) is 5. The minimum absolute atomic E-state index is 0.198. The first kappa shape index (κ1) is 20.3. The molecule has 0 saturated carbocycles. The molecule has 4 rings (SSSR count). The summed E-state index contributed by atoms with van der Waals surface area (Å²) in [5.41, 5.74) is 4.52. The van der Waals surface area contributed by atoms with Crippen LogP contribution in [0.2, 0.25) is 0 Å². The van der Waals surface area contributed by atoms with E-state index in [-0.39, 0.29) is 5.75 Å². The van der Waals surface area contributed by atoms with E-state index < -0.39 is 0 Å². The number of aromatic hydroxyl groups is 1. The van der Waals surface area contributed by atoms with Crippen molar-refractivity contribution in [2.45, 2.75) is 39.7 Å². The van der Waals surface area contributed by atoms with Gasteiger partial charge in [0.05, 0.1) is 11.9 Å². The van der Waals surface area contributed by atoms with Gasteiger partial charge in [-0.15, -0.1) is 10.2 Å². The Kier molecular flexibility index (Phi) is 5.99. The number of phenols is 1. The molecule has 0 aliphatic carbocycles. The monoisotopic (exact) mass is 406 g/mol. The molecule has 2 aliphatic heterocycles. The molecule has 7 nitrogen and oxygen atoms in total. The van der Waals surface area contributed by atoms with Crippen molar-refractivity contribution in [3.63, 3.8) is 0 Å². The summed E-state index contributed by atoms with van der Waals surface area (Å²) in [6.45, 7) is 10.7. The molecule has 2 aromatic rings. The number of aromatic amines is 1. The molecule has 158 valence electrons. The standard InChI is InChI=1S/C23H30N6O/c1-4-17-11-21(20-6-5-18(13-22(20)30)19-14-24-25-15-19)26-27-23(12-17)29-9-7-28(8-10-29)16(2)3/h5-6,11,13-16,30H,4,7-10,12H2,1-3H3,(H,24,25). The van der Waals surface area contributed by atoms with E-state index in [9.17, 15) is 5.11 Å². The maximum absolute atomic E-state index is 10.7. The Morgan fingerprint density at radius 3 is 2.53 bits per heavy atom. The van der Waals surface area contributed by atoms with Gasteiger partial charge in [-0.25, -0.2) is 0 Å². The van der Waals surface area contributed by atoms with Crippen molar-refractivity contribution in [3.05, 3.63) is 47.8 Å². The largest absolute Gasteiger partial charge is 0.507 e. The summed E-state index contributed by atoms with van der Waals surface area (Å²) in [7, 11) is 0. The minimum Gasteiger partial charge on any atom is -0.507 e. The summed E-state index contributed by atoms with van der Waals surface area (Å²) < 4.78 is 0. The first-order valence-electron chi connectivity index (χ1n) is 10.7. The molecule has 0 unspecified atom stereocenters. The molecular weight excluding hydrogens is 376 g/mol. The molecule has 3 heterocycles. The highest BCUT2D eigenvalue weighted by Gasteiger charge is 2.23. The van der Waals surface area contributed by atoms with Gasteiger partial charge >= 0.3 is 0 Å². The SMILES string of the molecule is CCC1=CC(c2ccc(-c3cn[nH]c3)cc2O)=NN=C(N2CCN(C(C)C)CC2)C1. The van der Waals surface area contributed by atoms with Crippen LogP contribution < -0.4 is 0 Å². The highest BCUT2D eigenvalue weighted by atomic mass is 16.3. The van der Waals surface area contributed by atoms with E-state index in [4.69, 9.17) is 0 Å². The summed E-state index contributed by atoms with van der Waals surface area (Å²) in [5.74, 6) is 1.22. The Bertz CT molecular complexity index is 966. The predicted octanol–water partition coefficient (Wildman–Crippen LogP) is 3.65. The molecule has 1 aromatic heterocycles. The Balaban J connectivity index is 1.59. The summed E-state index contributed by atoms with van der Waals surface area (Å²) in [5, 5.41) is 26.6. The molecule has 0 bridgehead atoms. The molecule has 0 spiro atoms. The average Bonchev–Trinajstić information content (AvgIpc) is 3.21. The number of aromatic nitrogens is 2. The highest BCUT2D eigenvalue weighted by molar-refractivity contribution is 6.12. The second-order valence-corrected chi connectivity index (χ2v) is 8.17. The third-order valence-corrected chi connectivity index (χ3v) is 5.97. The molecular formula is C23H30N6O. The zero-order chi connectivity index (χ0) is 21.1. The summed E-state index contributed by atoms with van der Waals surface area (Å²) in [4.78, 5) is 4.86. The van der Waals surface area contributed by atoms with Crippen molar-refractivity contribution in [2.24, 2.45) is 10.2 Å². The Hall–Kier alpha value is -2.93. The maximum Gasteiger partial charge on any atom is 0.131 e. The molecule has 0 amide bonds. The predicted molar refractivity (Wildman–Crippen MR) is 121 cm³/mol. The fourth-order valence-electron chi connectivity index (χ4n) is 3.99. The smallest absolute Gasteiger partial charge is 0.131 e. The van der Waals surface area contributed by atoms with Crippen LogP contribution in [0.4, 0.5) is 0 Å². The van der Waals surface area contributed by atoms with Gasteiger partial charge in [0, 0.05) is 56.0 Å². The van der Waals surface area contributed by atoms with E-state index in [1.807, 2.05) is 18.3 Å². The number of hydrogen-bond donors (Lipinski definition) is 2. The molecule has 2 N–H and O–H groups in total. The van der Waals surface area contributed by atoms with Crippen LogP contribution in [0.15, 0.2) is 52.4 Å². The van der Waals surface area contributed by atoms with Gasteiger partial charge in [0.15, 0.2) is 0 Å². The number of piperazine rings is 1. The van der Waals surface area contributed by atoms with E-state index in [0.29, 0.717) is 17.3 Å². The molecule has 0 atom stereocenters. The number of amidine groups is 1. The first-order chi connectivity index (χ1) is 14.5. The fraction of sp³-hybridized carbons (Fsp3) is 0.435. The highest BCUT2D eigenvalue weighted by Crippen LogP contribution is 2.28. The van der Waals surface area contributed by atoms with E-state index >= 15 is 0 Å². The van der Waals surface area contributed by atoms with Crippen molar-refractivity contribution in [2.75, 3.05) is 26.2 Å². The zero-order valence-corrected chi connectivity index (χ0v) is 18.0. The first-order valence-corrected chi connectivity index (χ1v) is 10.7. The van der Waals surface area contributed by atoms with E-state index in [2.05, 4.69) is 57.0 Å². The fourth-order valence-corrected chi connectivity index (χ4v) is 3.99. The zero-order valence-electron chi connectivity index (χ0n) is 18.0. The van der Waals surface area contributed by atoms with E-state index in [1.54, 1.807) is 12.3 Å². The number of H-pyrrole nitrogens is 1. The van der Waals surface area contributed by atoms with Gasteiger partial charge in [-0.05, 0) is 44.0 Å². The topological polar surface area (TPSA) is 80.1 Å². The van der Waals surface area contributed by atoms with Gasteiger partial charge in [-0.3, -0.25) is 10.00 Å². The normalized spacial score (nSPS) is 18.1. The lowest BCUT2D eigenvalue weighted by Crippen LogP contribution is -2.50. The number of allylic oxidation sites excluding steroid dienone is 1. The van der Waals surface area contributed by atoms with Gasteiger partial charge in [-0.2, -0.15) is 5.10 Å². The van der Waals surface area contributed by atoms with Gasteiger partial charge in [0.1, 0.15) is 11.6 Å². The Labute approximate surface area is 177 Å². The molecule has 1 saturated heterocycles. The molecule has 1 fully saturated rings. The maximum atomic E-state index is 10.7. The lowest BCUT2D eigenvalue weighted by atomic mass is 10.00. The second-order valence-electron chi connectivity index (χ2n) is 8.17. The van der Waals surface area contributed by atoms with Crippen molar-refractivity contribution < 1.29 is 5.11 Å². The van der Waals surface area contributed by atoms with Crippen LogP contribution in [0, 0.1) is 0 Å². The van der Waals surface area contributed by atoms with Crippen LogP contribution in [0.5, 0.6) is 5.75 Å². The number of phenolic OH excluding ortho intramolecular Hbond substituents is 1. The quantitative estimate of drug-likeness (QED) is 0.812. The van der Waals surface area contributed by atoms with Crippen molar-refractivity contribution in [1.82, 2.24) is 20.0 Å². The van der Waals surface area contributed by atoms with Crippen molar-refractivity contribution in [3.8, 4) is 16.9 Å². The number of nitrogens with one attached hydrogen (secondary N) is 1. The lowest BCUT2D eigenvalue weighted by molar-refractivity contribution is 0.147. The van der Waals surface area contributed by atoms with Gasteiger partial charge in [0.25, 0.3) is 0 Å². The Morgan fingerprint density at radius 2 is 1.90 bits per heavy atom. The van der Waals surface area contributed by atoms with Crippen molar-refractivity contribution in [1.29, 1.82) is 0 Å². The lowest BCUT2D eigenvalue weighted by Gasteiger charge is -2.38. The third kappa shape index (κ3) is 4.31. The van der Waals surface area contributed by atoms with Crippen LogP contribution >= 0.6 is 0 Å². The van der Waals surface area contributed by atoms with E-state index in [0.717, 1.165) is 56.0 Å². The van der Waals surface area contributed by atoms with Crippen molar-refractivity contribution >= 4 is 11.5 Å². The second kappa shape index (κ2) is 8.83. The Morgan fingerprint density at radius 1 is 1.10 bits per heavy atom. The van der Waals surface area contributed by atoms with Gasteiger partial charge < -0.3 is 10.0 Å². The minimum atomic E-state index is 0.198.